The van der Waals surface area contributed by atoms with Crippen LogP contribution in [-0.4, -0.2) is 40.8 Å². The minimum absolute atomic E-state index is 0.0290. The molecular formula is C14H21N3O3. The zero-order valence-corrected chi connectivity index (χ0v) is 11.9. The molecule has 0 bridgehead atoms. The SMILES string of the molecule is CCOCC(=O)N1Cc2[nH]nc(COCC3CC3)c2C1. The topological polar surface area (TPSA) is 67.5 Å². The number of hydrogen-bond donors (Lipinski definition) is 1. The van der Waals surface area contributed by atoms with Crippen molar-refractivity contribution in [3.05, 3.63) is 17.0 Å². The van der Waals surface area contributed by atoms with Crippen molar-refractivity contribution in [3.63, 3.8) is 0 Å². The van der Waals surface area contributed by atoms with Crippen LogP contribution in [0, 0.1) is 5.92 Å². The first-order valence-corrected chi connectivity index (χ1v) is 7.26. The molecule has 0 radical (unpaired) electrons. The van der Waals surface area contributed by atoms with Gasteiger partial charge in [0.25, 0.3) is 0 Å². The molecule has 0 unspecified atom stereocenters. The third-order valence-corrected chi connectivity index (χ3v) is 3.81. The van der Waals surface area contributed by atoms with E-state index in [2.05, 4.69) is 10.2 Å². The highest BCUT2D eigenvalue weighted by atomic mass is 16.5. The molecule has 6 heteroatoms. The lowest BCUT2D eigenvalue weighted by Gasteiger charge is -2.15. The maximum Gasteiger partial charge on any atom is 0.249 e. The number of nitrogens with zero attached hydrogens (tertiary/aromatic N) is 2. The zero-order chi connectivity index (χ0) is 13.9. The molecule has 110 valence electrons. The van der Waals surface area contributed by atoms with Crippen molar-refractivity contribution in [3.8, 4) is 0 Å². The van der Waals surface area contributed by atoms with Gasteiger partial charge in [-0.15, -0.1) is 0 Å². The molecule has 2 heterocycles. The zero-order valence-electron chi connectivity index (χ0n) is 11.9. The number of aromatic nitrogens is 2. The summed E-state index contributed by atoms with van der Waals surface area (Å²) < 4.78 is 10.8. The second-order valence-corrected chi connectivity index (χ2v) is 5.47. The van der Waals surface area contributed by atoms with E-state index in [4.69, 9.17) is 9.47 Å². The first-order chi connectivity index (χ1) is 9.78. The van der Waals surface area contributed by atoms with Crippen LogP contribution >= 0.6 is 0 Å². The Morgan fingerprint density at radius 1 is 1.40 bits per heavy atom. The summed E-state index contributed by atoms with van der Waals surface area (Å²) in [7, 11) is 0. The number of aromatic amines is 1. The van der Waals surface area contributed by atoms with Crippen molar-refractivity contribution in [2.45, 2.75) is 39.5 Å². The Hall–Kier alpha value is -1.40. The monoisotopic (exact) mass is 279 g/mol. The highest BCUT2D eigenvalue weighted by Crippen LogP contribution is 2.29. The van der Waals surface area contributed by atoms with Crippen LogP contribution in [0.3, 0.4) is 0 Å². The van der Waals surface area contributed by atoms with Crippen LogP contribution in [-0.2, 0) is 34.0 Å². The fourth-order valence-corrected chi connectivity index (χ4v) is 2.38. The van der Waals surface area contributed by atoms with Gasteiger partial charge >= 0.3 is 0 Å². The van der Waals surface area contributed by atoms with E-state index in [-0.39, 0.29) is 12.5 Å². The number of carbonyl (C=O) groups excluding carboxylic acids is 1. The van der Waals surface area contributed by atoms with Gasteiger partial charge in [0, 0.05) is 25.3 Å². The summed E-state index contributed by atoms with van der Waals surface area (Å²) in [5.41, 5.74) is 3.08. The molecular weight excluding hydrogens is 258 g/mol. The molecule has 1 saturated carbocycles. The maximum absolute atomic E-state index is 11.9. The Morgan fingerprint density at radius 2 is 2.25 bits per heavy atom. The Balaban J connectivity index is 1.53. The van der Waals surface area contributed by atoms with Gasteiger partial charge in [-0.1, -0.05) is 0 Å². The van der Waals surface area contributed by atoms with E-state index in [1.165, 1.54) is 12.8 Å². The van der Waals surface area contributed by atoms with Crippen molar-refractivity contribution in [2.75, 3.05) is 19.8 Å². The number of rotatable bonds is 7. The van der Waals surface area contributed by atoms with Gasteiger partial charge in [0.05, 0.1) is 24.5 Å². The quantitative estimate of drug-likeness (QED) is 0.815. The lowest BCUT2D eigenvalue weighted by Crippen LogP contribution is -2.29. The van der Waals surface area contributed by atoms with E-state index >= 15 is 0 Å². The van der Waals surface area contributed by atoms with Gasteiger partial charge in [-0.05, 0) is 25.7 Å². The first kappa shape index (κ1) is 13.6. The van der Waals surface area contributed by atoms with Crippen molar-refractivity contribution < 1.29 is 14.3 Å². The van der Waals surface area contributed by atoms with E-state index in [1.807, 2.05) is 6.92 Å². The van der Waals surface area contributed by atoms with Crippen LogP contribution in [0.1, 0.15) is 36.7 Å². The normalized spacial score (nSPS) is 17.6. The molecule has 1 fully saturated rings. The van der Waals surface area contributed by atoms with Gasteiger partial charge in [0.15, 0.2) is 0 Å². The van der Waals surface area contributed by atoms with E-state index < -0.39 is 0 Å². The predicted molar refractivity (Wildman–Crippen MR) is 71.7 cm³/mol. The van der Waals surface area contributed by atoms with Crippen LogP contribution in [0.15, 0.2) is 0 Å². The second kappa shape index (κ2) is 5.93. The molecule has 1 amide bonds. The highest BCUT2D eigenvalue weighted by Gasteiger charge is 2.28. The number of nitrogens with one attached hydrogen (secondary N) is 1. The van der Waals surface area contributed by atoms with Gasteiger partial charge in [0.1, 0.15) is 6.61 Å². The number of hydrogen-bond acceptors (Lipinski definition) is 4. The molecule has 0 spiro atoms. The number of H-pyrrole nitrogens is 1. The molecule has 1 aromatic heterocycles. The minimum Gasteiger partial charge on any atom is -0.375 e. The summed E-state index contributed by atoms with van der Waals surface area (Å²) in [6, 6.07) is 0. The van der Waals surface area contributed by atoms with Crippen LogP contribution in [0.4, 0.5) is 0 Å². The van der Waals surface area contributed by atoms with E-state index in [0.29, 0.717) is 26.3 Å². The van der Waals surface area contributed by atoms with Crippen molar-refractivity contribution >= 4 is 5.91 Å². The lowest BCUT2D eigenvalue weighted by atomic mass is 10.2. The van der Waals surface area contributed by atoms with Gasteiger partial charge in [-0.2, -0.15) is 5.10 Å². The largest absolute Gasteiger partial charge is 0.375 e. The van der Waals surface area contributed by atoms with Crippen LogP contribution in [0.2, 0.25) is 0 Å². The first-order valence-electron chi connectivity index (χ1n) is 7.26. The fourth-order valence-electron chi connectivity index (χ4n) is 2.38. The van der Waals surface area contributed by atoms with Gasteiger partial charge in [-0.3, -0.25) is 9.89 Å². The van der Waals surface area contributed by atoms with Gasteiger partial charge < -0.3 is 14.4 Å². The summed E-state index contributed by atoms with van der Waals surface area (Å²) in [6.07, 6.45) is 2.58. The van der Waals surface area contributed by atoms with Crippen molar-refractivity contribution in [1.29, 1.82) is 0 Å². The second-order valence-electron chi connectivity index (χ2n) is 5.47. The summed E-state index contributed by atoms with van der Waals surface area (Å²) in [6.45, 7) is 5.18. The van der Waals surface area contributed by atoms with Crippen LogP contribution in [0.25, 0.3) is 0 Å². The third kappa shape index (κ3) is 3.02. The predicted octanol–water partition coefficient (Wildman–Crippen LogP) is 1.21. The molecule has 1 N–H and O–H groups in total. The molecule has 20 heavy (non-hydrogen) atoms. The number of ether oxygens (including phenoxy) is 2. The Morgan fingerprint density at radius 3 is 3.00 bits per heavy atom. The van der Waals surface area contributed by atoms with Crippen molar-refractivity contribution in [1.82, 2.24) is 15.1 Å². The molecule has 0 aromatic carbocycles. The van der Waals surface area contributed by atoms with E-state index in [1.54, 1.807) is 4.90 Å². The molecule has 1 aliphatic carbocycles. The van der Waals surface area contributed by atoms with Crippen molar-refractivity contribution in [2.24, 2.45) is 5.92 Å². The highest BCUT2D eigenvalue weighted by molar-refractivity contribution is 5.78. The lowest BCUT2D eigenvalue weighted by molar-refractivity contribution is -0.136. The van der Waals surface area contributed by atoms with Gasteiger partial charge in [0.2, 0.25) is 5.91 Å². The van der Waals surface area contributed by atoms with E-state index in [0.717, 1.165) is 29.5 Å². The molecule has 2 aliphatic rings. The maximum atomic E-state index is 11.9. The summed E-state index contributed by atoms with van der Waals surface area (Å²) in [5, 5.41) is 7.31. The number of amides is 1. The fraction of sp³-hybridized carbons (Fsp3) is 0.714. The van der Waals surface area contributed by atoms with Crippen LogP contribution in [0.5, 0.6) is 0 Å². The Bertz CT molecular complexity index is 482. The Labute approximate surface area is 118 Å². The third-order valence-electron chi connectivity index (χ3n) is 3.81. The van der Waals surface area contributed by atoms with Gasteiger partial charge in [-0.25, -0.2) is 0 Å². The average Bonchev–Trinajstić information content (AvgIpc) is 3.04. The molecule has 0 saturated heterocycles. The molecule has 1 aromatic rings. The molecule has 6 nitrogen and oxygen atoms in total. The van der Waals surface area contributed by atoms with E-state index in [9.17, 15) is 4.79 Å². The summed E-state index contributed by atoms with van der Waals surface area (Å²) in [4.78, 5) is 13.7. The van der Waals surface area contributed by atoms with Crippen LogP contribution < -0.4 is 0 Å². The summed E-state index contributed by atoms with van der Waals surface area (Å²) >= 11 is 0. The standard InChI is InChI=1S/C14H21N3O3/c1-2-19-9-14(18)17-5-11-12(6-17)15-16-13(11)8-20-7-10-3-4-10/h10H,2-9H2,1H3,(H,15,16). The average molecular weight is 279 g/mol. The molecule has 0 atom stereocenters. The number of fused-ring (bicyclic) bond motifs is 1. The minimum atomic E-state index is 0.0290. The number of carbonyl (C=O) groups is 1. The Kier molecular flexibility index (Phi) is 4.03. The smallest absolute Gasteiger partial charge is 0.249 e. The molecule has 1 aliphatic heterocycles. The molecule has 3 rings (SSSR count). The summed E-state index contributed by atoms with van der Waals surface area (Å²) in [5.74, 6) is 0.785.